The van der Waals surface area contributed by atoms with E-state index in [0.29, 0.717) is 6.54 Å². The molecule has 0 saturated heterocycles. The Morgan fingerprint density at radius 2 is 1.90 bits per heavy atom. The van der Waals surface area contributed by atoms with Crippen LogP contribution in [-0.4, -0.2) is 37.3 Å². The van der Waals surface area contributed by atoms with E-state index in [0.717, 1.165) is 42.8 Å². The third-order valence-corrected chi connectivity index (χ3v) is 8.46. The maximum Gasteiger partial charge on any atom is 0.231 e. The SMILES string of the molecule is C=CN=C(CN(C(=O)[C@H]1C[C@@H]1c1ccc(F)cc1)c1ccc2c(c1)C(NSc1ccccc1)CCC2)N(C)C. The summed E-state index contributed by atoms with van der Waals surface area (Å²) >= 11 is 1.65. The lowest BCUT2D eigenvalue weighted by molar-refractivity contribution is -0.119. The molecular weight excluding hydrogens is 507 g/mol. The lowest BCUT2D eigenvalue weighted by atomic mass is 9.87. The number of anilines is 1. The maximum atomic E-state index is 14.0. The van der Waals surface area contributed by atoms with E-state index in [-0.39, 0.29) is 29.6 Å². The first-order valence-corrected chi connectivity index (χ1v) is 14.3. The third-order valence-electron chi connectivity index (χ3n) is 7.55. The first-order chi connectivity index (χ1) is 18.9. The standard InChI is InChI=1S/C32H35FN4OS/c1-4-34-31(36(2)3)21-37(32(38)29-20-27(29)23-13-16-24(33)17-14-23)25-18-15-22-9-8-12-30(28(22)19-25)35-39-26-10-6-5-7-11-26/h4-7,10-11,13-19,27,29-30,35H,1,8-9,12,20-21H2,2-3H3/t27-,29+,30?/m1/s1. The highest BCUT2D eigenvalue weighted by Gasteiger charge is 2.46. The van der Waals surface area contributed by atoms with E-state index in [4.69, 9.17) is 0 Å². The zero-order chi connectivity index (χ0) is 27.4. The highest BCUT2D eigenvalue weighted by Crippen LogP contribution is 2.49. The molecule has 0 spiro atoms. The first-order valence-electron chi connectivity index (χ1n) is 13.5. The highest BCUT2D eigenvalue weighted by molar-refractivity contribution is 7.97. The van der Waals surface area contributed by atoms with E-state index in [2.05, 4.69) is 46.6 Å². The number of aryl methyl sites for hydroxylation is 1. The van der Waals surface area contributed by atoms with Crippen LogP contribution < -0.4 is 9.62 Å². The van der Waals surface area contributed by atoms with Gasteiger partial charge in [-0.15, -0.1) is 0 Å². The summed E-state index contributed by atoms with van der Waals surface area (Å²) in [6.45, 7) is 4.12. The van der Waals surface area contributed by atoms with Crippen molar-refractivity contribution in [2.45, 2.75) is 42.5 Å². The number of nitrogens with zero attached hydrogens (tertiary/aromatic N) is 3. The Morgan fingerprint density at radius 3 is 2.62 bits per heavy atom. The van der Waals surface area contributed by atoms with E-state index in [9.17, 15) is 9.18 Å². The fraction of sp³-hybridized carbons (Fsp3) is 0.312. The minimum Gasteiger partial charge on any atom is -0.365 e. The Balaban J connectivity index is 1.42. The summed E-state index contributed by atoms with van der Waals surface area (Å²) in [5, 5.41) is 0. The molecule has 3 aromatic rings. The molecule has 3 aromatic carbocycles. The number of rotatable bonds is 9. The van der Waals surface area contributed by atoms with Crippen molar-refractivity contribution in [1.82, 2.24) is 9.62 Å². The van der Waals surface area contributed by atoms with E-state index in [1.54, 1.807) is 24.1 Å². The van der Waals surface area contributed by atoms with Gasteiger partial charge in [0.1, 0.15) is 11.7 Å². The van der Waals surface area contributed by atoms with Gasteiger partial charge in [-0.1, -0.05) is 43.0 Å². The zero-order valence-electron chi connectivity index (χ0n) is 22.5. The number of hydrogen-bond donors (Lipinski definition) is 1. The van der Waals surface area contributed by atoms with Crippen molar-refractivity contribution in [1.29, 1.82) is 0 Å². The molecule has 0 bridgehead atoms. The predicted molar refractivity (Wildman–Crippen MR) is 158 cm³/mol. The number of amidine groups is 1. The van der Waals surface area contributed by atoms with E-state index in [1.807, 2.05) is 42.1 Å². The average molecular weight is 543 g/mol. The molecule has 202 valence electrons. The van der Waals surface area contributed by atoms with Crippen molar-refractivity contribution >= 4 is 29.4 Å². The fourth-order valence-corrected chi connectivity index (χ4v) is 6.11. The smallest absolute Gasteiger partial charge is 0.231 e. The molecular formula is C32H35FN4OS. The summed E-state index contributed by atoms with van der Waals surface area (Å²) in [7, 11) is 3.86. The highest BCUT2D eigenvalue weighted by atomic mass is 32.2. The van der Waals surface area contributed by atoms with Crippen LogP contribution in [0.4, 0.5) is 10.1 Å². The number of halogens is 1. The molecule has 1 unspecified atom stereocenters. The van der Waals surface area contributed by atoms with Crippen molar-refractivity contribution in [2.24, 2.45) is 10.9 Å². The van der Waals surface area contributed by atoms with Crippen molar-refractivity contribution in [2.75, 3.05) is 25.5 Å². The Bertz CT molecular complexity index is 1340. The summed E-state index contributed by atoms with van der Waals surface area (Å²) in [5.41, 5.74) is 4.46. The van der Waals surface area contributed by atoms with E-state index >= 15 is 0 Å². The molecule has 0 aromatic heterocycles. The Morgan fingerprint density at radius 1 is 1.13 bits per heavy atom. The van der Waals surface area contributed by atoms with Crippen LogP contribution in [0.3, 0.4) is 0 Å². The van der Waals surface area contributed by atoms with Gasteiger partial charge in [-0.05, 0) is 96.6 Å². The molecule has 1 fully saturated rings. The van der Waals surface area contributed by atoms with Crippen LogP contribution >= 0.6 is 11.9 Å². The molecule has 5 rings (SSSR count). The largest absolute Gasteiger partial charge is 0.365 e. The average Bonchev–Trinajstić information content (AvgIpc) is 3.75. The number of hydrogen-bond acceptors (Lipinski definition) is 4. The number of fused-ring (bicyclic) bond motifs is 1. The normalized spacial score (nSPS) is 20.2. The maximum absolute atomic E-state index is 14.0. The van der Waals surface area contributed by atoms with E-state index in [1.165, 1.54) is 34.4 Å². The molecule has 2 aliphatic carbocycles. The number of benzene rings is 3. The molecule has 0 radical (unpaired) electrons. The van der Waals surface area contributed by atoms with Gasteiger partial charge in [0.2, 0.25) is 5.91 Å². The Kier molecular flexibility index (Phi) is 8.48. The molecule has 5 nitrogen and oxygen atoms in total. The molecule has 1 amide bonds. The number of likely N-dealkylation sites (N-methyl/N-ethyl adjacent to an activating group) is 1. The Labute approximate surface area is 235 Å². The van der Waals surface area contributed by atoms with Gasteiger partial charge < -0.3 is 9.80 Å². The topological polar surface area (TPSA) is 47.9 Å². The number of amides is 1. The molecule has 7 heteroatoms. The van der Waals surface area contributed by atoms with Gasteiger partial charge in [-0.25, -0.2) is 9.38 Å². The predicted octanol–water partition coefficient (Wildman–Crippen LogP) is 6.74. The second kappa shape index (κ2) is 12.2. The molecule has 0 heterocycles. The van der Waals surface area contributed by atoms with Crippen molar-refractivity contribution < 1.29 is 9.18 Å². The third kappa shape index (κ3) is 6.43. The van der Waals surface area contributed by atoms with Crippen LogP contribution in [0.1, 0.15) is 47.9 Å². The number of carbonyl (C=O) groups is 1. The van der Waals surface area contributed by atoms with Crippen molar-refractivity contribution in [3.63, 3.8) is 0 Å². The molecule has 39 heavy (non-hydrogen) atoms. The van der Waals surface area contributed by atoms with Crippen LogP contribution in [0.25, 0.3) is 0 Å². The molecule has 0 aliphatic heterocycles. The van der Waals surface area contributed by atoms with Gasteiger partial charge >= 0.3 is 0 Å². The molecule has 1 saturated carbocycles. The number of nitrogens with one attached hydrogen (secondary N) is 1. The van der Waals surface area contributed by atoms with Crippen molar-refractivity contribution in [3.05, 3.63) is 108 Å². The van der Waals surface area contributed by atoms with Crippen LogP contribution in [0.5, 0.6) is 0 Å². The van der Waals surface area contributed by atoms with Gasteiger partial charge in [0, 0.05) is 42.8 Å². The summed E-state index contributed by atoms with van der Waals surface area (Å²) in [6, 6.07) is 23.5. The van der Waals surface area contributed by atoms with Crippen LogP contribution in [-0.2, 0) is 11.2 Å². The summed E-state index contributed by atoms with van der Waals surface area (Å²) in [4.78, 5) is 23.4. The van der Waals surface area contributed by atoms with Gasteiger partial charge in [-0.2, -0.15) is 0 Å². The summed E-state index contributed by atoms with van der Waals surface area (Å²) in [5.74, 6) is 0.532. The van der Waals surface area contributed by atoms with Crippen LogP contribution in [0.2, 0.25) is 0 Å². The first kappa shape index (κ1) is 27.2. The van der Waals surface area contributed by atoms with Gasteiger partial charge in [0.25, 0.3) is 0 Å². The zero-order valence-corrected chi connectivity index (χ0v) is 23.3. The van der Waals surface area contributed by atoms with Crippen LogP contribution in [0.15, 0.2) is 95.5 Å². The molecule has 3 atom stereocenters. The Hall–Kier alpha value is -3.42. The number of carbonyl (C=O) groups excluding carboxylic acids is 1. The quantitative estimate of drug-likeness (QED) is 0.185. The summed E-state index contributed by atoms with van der Waals surface area (Å²) < 4.78 is 17.2. The summed E-state index contributed by atoms with van der Waals surface area (Å²) in [6.07, 6.45) is 5.48. The molecule has 1 N–H and O–H groups in total. The lowest BCUT2D eigenvalue weighted by Crippen LogP contribution is -2.41. The van der Waals surface area contributed by atoms with Gasteiger partial charge in [0.05, 0.1) is 6.54 Å². The minimum atomic E-state index is -0.261. The second-order valence-electron chi connectivity index (χ2n) is 10.4. The van der Waals surface area contributed by atoms with E-state index < -0.39 is 0 Å². The minimum absolute atomic E-state index is 0.0712. The molecule has 2 aliphatic rings. The van der Waals surface area contributed by atoms with Crippen molar-refractivity contribution in [3.8, 4) is 0 Å². The number of aliphatic imine (C=N–C) groups is 1. The second-order valence-corrected chi connectivity index (χ2v) is 11.3. The van der Waals surface area contributed by atoms with Gasteiger partial charge in [-0.3, -0.25) is 9.52 Å². The van der Waals surface area contributed by atoms with Gasteiger partial charge in [0.15, 0.2) is 0 Å². The fourth-order valence-electron chi connectivity index (χ4n) is 5.29. The lowest BCUT2D eigenvalue weighted by Gasteiger charge is -2.30. The van der Waals surface area contributed by atoms with Crippen LogP contribution in [0, 0.1) is 11.7 Å². The monoisotopic (exact) mass is 542 g/mol.